The van der Waals surface area contributed by atoms with Gasteiger partial charge in [0.15, 0.2) is 0 Å². The molecule has 1 N–H and O–H groups in total. The highest BCUT2D eigenvalue weighted by molar-refractivity contribution is 5.85. The van der Waals surface area contributed by atoms with Gasteiger partial charge in [0.25, 0.3) is 0 Å². The van der Waals surface area contributed by atoms with Crippen molar-refractivity contribution in [3.05, 3.63) is 23.9 Å². The summed E-state index contributed by atoms with van der Waals surface area (Å²) in [6.45, 7) is 7.23. The number of nitrogens with zero attached hydrogens (tertiary/aromatic N) is 2. The first-order valence-electron chi connectivity index (χ1n) is 8.83. The van der Waals surface area contributed by atoms with Crippen molar-refractivity contribution in [3.63, 3.8) is 0 Å². The predicted molar refractivity (Wildman–Crippen MR) is 93.7 cm³/mol. The summed E-state index contributed by atoms with van der Waals surface area (Å²) in [6, 6.07) is 0.888. The van der Waals surface area contributed by atoms with Gasteiger partial charge < -0.3 is 19.7 Å². The van der Waals surface area contributed by atoms with Crippen LogP contribution in [0.5, 0.6) is 5.88 Å². The second kappa shape index (κ2) is 8.24. The Labute approximate surface area is 161 Å². The summed E-state index contributed by atoms with van der Waals surface area (Å²) < 4.78 is 48.9. The molecule has 2 atom stereocenters. The van der Waals surface area contributed by atoms with Crippen LogP contribution in [0.3, 0.4) is 0 Å². The molecular weight excluding hydrogens is 379 g/mol. The van der Waals surface area contributed by atoms with Gasteiger partial charge in [0.2, 0.25) is 11.8 Å². The average Bonchev–Trinajstić information content (AvgIpc) is 3.00. The van der Waals surface area contributed by atoms with Crippen molar-refractivity contribution in [2.45, 2.75) is 58.0 Å². The van der Waals surface area contributed by atoms with Gasteiger partial charge in [-0.2, -0.15) is 13.2 Å². The standard InChI is InChI=1S/C18H24F3N3O4/c1-11(23-16(26)28-17(2,3)4)15(25)24-8-6-13(10-24)27-14-9-12(5-7-22-14)18(19,20)21/h5,7,9,11,13H,6,8,10H2,1-4H3,(H,23,26). The lowest BCUT2D eigenvalue weighted by atomic mass is 10.2. The van der Waals surface area contributed by atoms with E-state index in [1.165, 1.54) is 11.8 Å². The molecule has 1 saturated heterocycles. The summed E-state index contributed by atoms with van der Waals surface area (Å²) in [5.41, 5.74) is -1.53. The summed E-state index contributed by atoms with van der Waals surface area (Å²) >= 11 is 0. The van der Waals surface area contributed by atoms with Gasteiger partial charge in [-0.15, -0.1) is 0 Å². The van der Waals surface area contributed by atoms with E-state index in [1.54, 1.807) is 20.8 Å². The van der Waals surface area contributed by atoms with Crippen molar-refractivity contribution < 1.29 is 32.2 Å². The molecule has 10 heteroatoms. The fourth-order valence-corrected chi connectivity index (χ4v) is 2.67. The zero-order valence-corrected chi connectivity index (χ0v) is 16.2. The molecule has 1 fully saturated rings. The predicted octanol–water partition coefficient (Wildman–Crippen LogP) is 2.99. The number of alkyl halides is 3. The minimum Gasteiger partial charge on any atom is -0.472 e. The van der Waals surface area contributed by atoms with Crippen LogP contribution in [0, 0.1) is 0 Å². The number of aromatic nitrogens is 1. The maximum Gasteiger partial charge on any atom is 0.416 e. The van der Waals surface area contributed by atoms with Crippen molar-refractivity contribution in [3.8, 4) is 5.88 Å². The van der Waals surface area contributed by atoms with Gasteiger partial charge in [-0.3, -0.25) is 4.79 Å². The van der Waals surface area contributed by atoms with Crippen LogP contribution in [0.4, 0.5) is 18.0 Å². The first-order valence-corrected chi connectivity index (χ1v) is 8.83. The molecule has 0 bridgehead atoms. The molecule has 0 aromatic carbocycles. The summed E-state index contributed by atoms with van der Waals surface area (Å²) in [4.78, 5) is 29.5. The van der Waals surface area contributed by atoms with Gasteiger partial charge >= 0.3 is 12.3 Å². The van der Waals surface area contributed by atoms with Gasteiger partial charge in [0.05, 0.1) is 12.1 Å². The highest BCUT2D eigenvalue weighted by Gasteiger charge is 2.33. The monoisotopic (exact) mass is 403 g/mol. The number of carbonyl (C=O) groups is 2. The molecule has 1 aromatic heterocycles. The van der Waals surface area contributed by atoms with Crippen molar-refractivity contribution in [1.82, 2.24) is 15.2 Å². The van der Waals surface area contributed by atoms with Crippen molar-refractivity contribution >= 4 is 12.0 Å². The largest absolute Gasteiger partial charge is 0.472 e. The van der Waals surface area contributed by atoms with Crippen LogP contribution >= 0.6 is 0 Å². The first-order chi connectivity index (χ1) is 12.8. The van der Waals surface area contributed by atoms with Crippen molar-refractivity contribution in [1.29, 1.82) is 0 Å². The third kappa shape index (κ3) is 6.28. The number of nitrogens with one attached hydrogen (secondary N) is 1. The molecule has 0 saturated carbocycles. The Hall–Kier alpha value is -2.52. The minimum atomic E-state index is -4.48. The van der Waals surface area contributed by atoms with E-state index in [2.05, 4.69) is 10.3 Å². The average molecular weight is 403 g/mol. The summed E-state index contributed by atoms with van der Waals surface area (Å²) in [5, 5.41) is 2.47. The topological polar surface area (TPSA) is 80.8 Å². The first kappa shape index (κ1) is 21.8. The summed E-state index contributed by atoms with van der Waals surface area (Å²) in [7, 11) is 0. The molecule has 0 radical (unpaired) electrons. The molecule has 2 amide bonds. The molecule has 2 unspecified atom stereocenters. The molecule has 0 aliphatic carbocycles. The van der Waals surface area contributed by atoms with Crippen molar-refractivity contribution in [2.75, 3.05) is 13.1 Å². The molecule has 1 aliphatic rings. The van der Waals surface area contributed by atoms with Crippen LogP contribution in [-0.4, -0.2) is 52.7 Å². The number of carbonyl (C=O) groups excluding carboxylic acids is 2. The second-order valence-electron chi connectivity index (χ2n) is 7.56. The second-order valence-corrected chi connectivity index (χ2v) is 7.56. The van der Waals surface area contributed by atoms with E-state index in [4.69, 9.17) is 9.47 Å². The van der Waals surface area contributed by atoms with E-state index < -0.39 is 35.6 Å². The number of pyridine rings is 1. The van der Waals surface area contributed by atoms with E-state index in [9.17, 15) is 22.8 Å². The number of hydrogen-bond acceptors (Lipinski definition) is 5. The molecule has 156 valence electrons. The van der Waals surface area contributed by atoms with Gasteiger partial charge in [-0.25, -0.2) is 9.78 Å². The molecule has 2 rings (SSSR count). The zero-order valence-electron chi connectivity index (χ0n) is 16.2. The molecule has 1 aromatic rings. The Morgan fingerprint density at radius 3 is 2.61 bits per heavy atom. The van der Waals surface area contributed by atoms with Gasteiger partial charge in [0.1, 0.15) is 17.7 Å². The molecule has 1 aliphatic heterocycles. The van der Waals surface area contributed by atoms with Gasteiger partial charge in [0, 0.05) is 25.2 Å². The number of hydrogen-bond donors (Lipinski definition) is 1. The van der Waals surface area contributed by atoms with Crippen LogP contribution in [0.2, 0.25) is 0 Å². The van der Waals surface area contributed by atoms with Crippen LogP contribution < -0.4 is 10.1 Å². The van der Waals surface area contributed by atoms with E-state index in [1.807, 2.05) is 0 Å². The Kier molecular flexibility index (Phi) is 6.41. The maximum absolute atomic E-state index is 12.8. The van der Waals surface area contributed by atoms with Crippen LogP contribution in [0.15, 0.2) is 18.3 Å². The molecular formula is C18H24F3N3O4. The number of amides is 2. The molecule has 28 heavy (non-hydrogen) atoms. The molecule has 0 spiro atoms. The van der Waals surface area contributed by atoms with Crippen LogP contribution in [-0.2, 0) is 15.7 Å². The Bertz CT molecular complexity index is 719. The van der Waals surface area contributed by atoms with Crippen LogP contribution in [0.25, 0.3) is 0 Å². The van der Waals surface area contributed by atoms with Gasteiger partial charge in [-0.1, -0.05) is 0 Å². The van der Waals surface area contributed by atoms with E-state index in [0.717, 1.165) is 18.3 Å². The van der Waals surface area contributed by atoms with E-state index in [-0.39, 0.29) is 18.3 Å². The number of halogens is 3. The lowest BCUT2D eigenvalue weighted by Crippen LogP contribution is -2.47. The number of likely N-dealkylation sites (tertiary alicyclic amines) is 1. The number of alkyl carbamates (subject to hydrolysis) is 1. The van der Waals surface area contributed by atoms with Crippen molar-refractivity contribution in [2.24, 2.45) is 0 Å². The lowest BCUT2D eigenvalue weighted by Gasteiger charge is -2.24. The Morgan fingerprint density at radius 2 is 2.00 bits per heavy atom. The van der Waals surface area contributed by atoms with E-state index >= 15 is 0 Å². The van der Waals surface area contributed by atoms with E-state index in [0.29, 0.717) is 13.0 Å². The smallest absolute Gasteiger partial charge is 0.416 e. The summed E-state index contributed by atoms with van der Waals surface area (Å²) in [6.07, 6.45) is -4.19. The SMILES string of the molecule is CC(NC(=O)OC(C)(C)C)C(=O)N1CCC(Oc2cc(C(F)(F)F)ccn2)C1. The Morgan fingerprint density at radius 1 is 1.32 bits per heavy atom. The minimum absolute atomic E-state index is 0.144. The highest BCUT2D eigenvalue weighted by Crippen LogP contribution is 2.31. The summed E-state index contributed by atoms with van der Waals surface area (Å²) in [5.74, 6) is -0.469. The van der Waals surface area contributed by atoms with Crippen LogP contribution in [0.1, 0.15) is 39.7 Å². The zero-order chi connectivity index (χ0) is 21.1. The molecule has 7 nitrogen and oxygen atoms in total. The fraction of sp³-hybridized carbons (Fsp3) is 0.611. The molecule has 2 heterocycles. The van der Waals surface area contributed by atoms with Gasteiger partial charge in [-0.05, 0) is 33.8 Å². The lowest BCUT2D eigenvalue weighted by molar-refractivity contribution is -0.137. The number of rotatable bonds is 4. The third-order valence-electron chi connectivity index (χ3n) is 3.91. The maximum atomic E-state index is 12.8. The third-order valence-corrected chi connectivity index (χ3v) is 3.91. The highest BCUT2D eigenvalue weighted by atomic mass is 19.4. The fourth-order valence-electron chi connectivity index (χ4n) is 2.67. The normalized spacial score (nSPS) is 18.5. The quantitative estimate of drug-likeness (QED) is 0.836. The number of ether oxygens (including phenoxy) is 2. The Balaban J connectivity index is 1.89.